The molecule has 0 saturated carbocycles. The Kier molecular flexibility index (Phi) is 6.51. The van der Waals surface area contributed by atoms with Gasteiger partial charge in [0.2, 0.25) is 0 Å². The van der Waals surface area contributed by atoms with Crippen molar-refractivity contribution < 1.29 is 14.3 Å². The van der Waals surface area contributed by atoms with Crippen LogP contribution in [0.5, 0.6) is 0 Å². The second kappa shape index (κ2) is 7.89. The smallest absolute Gasteiger partial charge is 0.325 e. The maximum atomic E-state index is 12.4. The molecule has 6 heteroatoms. The number of rotatable bonds is 6. The molecule has 0 heterocycles. The van der Waals surface area contributed by atoms with Crippen LogP contribution in [0, 0.1) is 0 Å². The van der Waals surface area contributed by atoms with Crippen molar-refractivity contribution in [3.8, 4) is 0 Å². The highest BCUT2D eigenvalue weighted by Crippen LogP contribution is 2.21. The lowest BCUT2D eigenvalue weighted by molar-refractivity contribution is -0.143. The van der Waals surface area contributed by atoms with E-state index in [4.69, 9.17) is 10.5 Å². The van der Waals surface area contributed by atoms with Crippen LogP contribution in [0.25, 0.3) is 0 Å². The fraction of sp³-hybridized carbons (Fsp3) is 0.429. The summed E-state index contributed by atoms with van der Waals surface area (Å²) in [5.74, 6) is -0.626. The van der Waals surface area contributed by atoms with E-state index in [2.05, 4.69) is 15.9 Å². The molecule has 2 N–H and O–H groups in total. The number of hydrogen-bond acceptors (Lipinski definition) is 4. The highest BCUT2D eigenvalue weighted by atomic mass is 79.9. The van der Waals surface area contributed by atoms with Crippen molar-refractivity contribution in [2.24, 2.45) is 0 Å². The molecular formula is C14H19BrN2O3. The van der Waals surface area contributed by atoms with Gasteiger partial charge in [0, 0.05) is 22.3 Å². The van der Waals surface area contributed by atoms with Crippen LogP contribution in [0.15, 0.2) is 22.7 Å². The number of halogens is 1. The Balaban J connectivity index is 2.87. The van der Waals surface area contributed by atoms with Crippen LogP contribution in [-0.2, 0) is 9.53 Å². The Labute approximate surface area is 127 Å². The summed E-state index contributed by atoms with van der Waals surface area (Å²) in [6.07, 6.45) is 0.761. The number of carbonyl (C=O) groups excluding carboxylic acids is 2. The van der Waals surface area contributed by atoms with Crippen molar-refractivity contribution in [3.05, 3.63) is 28.2 Å². The third kappa shape index (κ3) is 4.52. The number of esters is 1. The number of carbonyl (C=O) groups is 2. The average molecular weight is 343 g/mol. The predicted octanol–water partition coefficient (Wildman–Crippen LogP) is 2.45. The van der Waals surface area contributed by atoms with Gasteiger partial charge in [-0.05, 0) is 47.5 Å². The van der Waals surface area contributed by atoms with Gasteiger partial charge in [0.25, 0.3) is 5.91 Å². The zero-order valence-electron chi connectivity index (χ0n) is 11.7. The topological polar surface area (TPSA) is 72.6 Å². The van der Waals surface area contributed by atoms with E-state index in [1.807, 2.05) is 6.92 Å². The minimum absolute atomic E-state index is 0.0452. The van der Waals surface area contributed by atoms with Gasteiger partial charge in [-0.2, -0.15) is 0 Å². The van der Waals surface area contributed by atoms with E-state index in [0.29, 0.717) is 24.4 Å². The molecule has 0 aliphatic rings. The minimum Gasteiger partial charge on any atom is -0.465 e. The highest BCUT2D eigenvalue weighted by Gasteiger charge is 2.19. The summed E-state index contributed by atoms with van der Waals surface area (Å²) in [6, 6.07) is 4.99. The molecule has 1 aromatic rings. The SMILES string of the molecule is CCCN(CC(=O)OCC)C(=O)c1ccc(Br)c(N)c1. The quantitative estimate of drug-likeness (QED) is 0.636. The van der Waals surface area contributed by atoms with E-state index in [9.17, 15) is 9.59 Å². The van der Waals surface area contributed by atoms with E-state index in [1.54, 1.807) is 25.1 Å². The van der Waals surface area contributed by atoms with Crippen LogP contribution in [0.1, 0.15) is 30.6 Å². The van der Waals surface area contributed by atoms with Gasteiger partial charge >= 0.3 is 5.97 Å². The molecule has 0 bridgehead atoms. The third-order valence-electron chi connectivity index (χ3n) is 2.65. The first kappa shape index (κ1) is 16.5. The molecule has 0 radical (unpaired) electrons. The fourth-order valence-electron chi connectivity index (χ4n) is 1.74. The fourth-order valence-corrected chi connectivity index (χ4v) is 1.99. The number of hydrogen-bond donors (Lipinski definition) is 1. The van der Waals surface area contributed by atoms with Crippen molar-refractivity contribution in [3.63, 3.8) is 0 Å². The van der Waals surface area contributed by atoms with Crippen LogP contribution in [0.2, 0.25) is 0 Å². The Morgan fingerprint density at radius 1 is 1.35 bits per heavy atom. The largest absolute Gasteiger partial charge is 0.465 e. The maximum absolute atomic E-state index is 12.4. The van der Waals surface area contributed by atoms with E-state index < -0.39 is 5.97 Å². The molecule has 0 saturated heterocycles. The van der Waals surface area contributed by atoms with Gasteiger partial charge in [0.15, 0.2) is 0 Å². The molecule has 1 aromatic carbocycles. The Hall–Kier alpha value is -1.56. The van der Waals surface area contributed by atoms with E-state index in [1.165, 1.54) is 4.90 Å². The molecule has 0 aromatic heterocycles. The molecule has 5 nitrogen and oxygen atoms in total. The molecule has 20 heavy (non-hydrogen) atoms. The Morgan fingerprint density at radius 3 is 2.60 bits per heavy atom. The standard InChI is InChI=1S/C14H19BrN2O3/c1-3-7-17(9-13(18)20-4-2)14(19)10-5-6-11(15)12(16)8-10/h5-6,8H,3-4,7,9,16H2,1-2H3. The number of anilines is 1. The molecular weight excluding hydrogens is 324 g/mol. The lowest BCUT2D eigenvalue weighted by atomic mass is 10.1. The van der Waals surface area contributed by atoms with Crippen molar-refractivity contribution in [2.75, 3.05) is 25.4 Å². The summed E-state index contributed by atoms with van der Waals surface area (Å²) in [7, 11) is 0. The van der Waals surface area contributed by atoms with Crippen LogP contribution in [0.4, 0.5) is 5.69 Å². The van der Waals surface area contributed by atoms with Gasteiger partial charge in [-0.3, -0.25) is 9.59 Å². The molecule has 110 valence electrons. The number of nitrogen functional groups attached to an aromatic ring is 1. The molecule has 0 unspecified atom stereocenters. The second-order valence-corrected chi connectivity index (χ2v) is 5.12. The van der Waals surface area contributed by atoms with Crippen molar-refractivity contribution in [2.45, 2.75) is 20.3 Å². The lowest BCUT2D eigenvalue weighted by Gasteiger charge is -2.21. The van der Waals surface area contributed by atoms with Crippen LogP contribution in [-0.4, -0.2) is 36.5 Å². The molecule has 0 spiro atoms. The monoisotopic (exact) mass is 342 g/mol. The van der Waals surface area contributed by atoms with Gasteiger partial charge in [0.05, 0.1) is 6.61 Å². The van der Waals surface area contributed by atoms with E-state index >= 15 is 0 Å². The van der Waals surface area contributed by atoms with Gasteiger partial charge < -0.3 is 15.4 Å². The Bertz CT molecular complexity index is 491. The van der Waals surface area contributed by atoms with Crippen LogP contribution in [0.3, 0.4) is 0 Å². The molecule has 0 fully saturated rings. The van der Waals surface area contributed by atoms with Crippen LogP contribution >= 0.6 is 15.9 Å². The molecule has 0 aliphatic carbocycles. The molecule has 1 rings (SSSR count). The number of amides is 1. The predicted molar refractivity (Wildman–Crippen MR) is 81.4 cm³/mol. The highest BCUT2D eigenvalue weighted by molar-refractivity contribution is 9.10. The van der Waals surface area contributed by atoms with E-state index in [-0.39, 0.29) is 12.5 Å². The van der Waals surface area contributed by atoms with Gasteiger partial charge in [-0.25, -0.2) is 0 Å². The molecule has 1 amide bonds. The third-order valence-corrected chi connectivity index (χ3v) is 3.37. The van der Waals surface area contributed by atoms with Gasteiger partial charge in [-0.15, -0.1) is 0 Å². The lowest BCUT2D eigenvalue weighted by Crippen LogP contribution is -2.37. The normalized spacial score (nSPS) is 10.2. The number of benzene rings is 1. The first-order chi connectivity index (χ1) is 9.49. The zero-order valence-corrected chi connectivity index (χ0v) is 13.3. The van der Waals surface area contributed by atoms with E-state index in [0.717, 1.165) is 10.9 Å². The molecule has 0 atom stereocenters. The van der Waals surface area contributed by atoms with Gasteiger partial charge in [0.1, 0.15) is 6.54 Å². The first-order valence-electron chi connectivity index (χ1n) is 6.49. The zero-order chi connectivity index (χ0) is 15.1. The summed E-state index contributed by atoms with van der Waals surface area (Å²) < 4.78 is 5.62. The number of nitrogens with two attached hydrogens (primary N) is 1. The summed E-state index contributed by atoms with van der Waals surface area (Å²) in [6.45, 7) is 4.43. The summed E-state index contributed by atoms with van der Waals surface area (Å²) in [5.41, 5.74) is 6.72. The van der Waals surface area contributed by atoms with Crippen molar-refractivity contribution >= 4 is 33.5 Å². The minimum atomic E-state index is -0.403. The van der Waals surface area contributed by atoms with Gasteiger partial charge in [-0.1, -0.05) is 6.92 Å². The van der Waals surface area contributed by atoms with Crippen LogP contribution < -0.4 is 5.73 Å². The molecule has 0 aliphatic heterocycles. The Morgan fingerprint density at radius 2 is 2.05 bits per heavy atom. The number of ether oxygens (including phenoxy) is 1. The summed E-state index contributed by atoms with van der Waals surface area (Å²) >= 11 is 3.28. The van der Waals surface area contributed by atoms with Crippen molar-refractivity contribution in [1.29, 1.82) is 0 Å². The maximum Gasteiger partial charge on any atom is 0.325 e. The summed E-state index contributed by atoms with van der Waals surface area (Å²) in [4.78, 5) is 25.4. The second-order valence-electron chi connectivity index (χ2n) is 4.27. The summed E-state index contributed by atoms with van der Waals surface area (Å²) in [5, 5.41) is 0. The number of nitrogens with zero attached hydrogens (tertiary/aromatic N) is 1. The average Bonchev–Trinajstić information content (AvgIpc) is 2.41. The van der Waals surface area contributed by atoms with Crippen molar-refractivity contribution in [1.82, 2.24) is 4.90 Å². The first-order valence-corrected chi connectivity index (χ1v) is 7.28.